The van der Waals surface area contributed by atoms with E-state index in [2.05, 4.69) is 10.1 Å². The third-order valence-electron chi connectivity index (χ3n) is 4.10. The smallest absolute Gasteiger partial charge is 0.254 e. The van der Waals surface area contributed by atoms with Gasteiger partial charge in [0.05, 0.1) is 6.26 Å². The van der Waals surface area contributed by atoms with Gasteiger partial charge in [-0.25, -0.2) is 4.98 Å². The lowest BCUT2D eigenvalue weighted by Gasteiger charge is -2.26. The summed E-state index contributed by atoms with van der Waals surface area (Å²) in [4.78, 5) is 18.9. The molecule has 0 saturated carbocycles. The number of carbonyl (C=O) groups is 1. The topological polar surface area (TPSA) is 89.7 Å². The third kappa shape index (κ3) is 2.44. The summed E-state index contributed by atoms with van der Waals surface area (Å²) in [7, 11) is 0. The van der Waals surface area contributed by atoms with E-state index in [1.54, 1.807) is 30.5 Å². The first-order valence-electron chi connectivity index (χ1n) is 7.72. The summed E-state index contributed by atoms with van der Waals surface area (Å²) >= 11 is 0. The van der Waals surface area contributed by atoms with Crippen molar-refractivity contribution in [3.05, 3.63) is 36.1 Å². The number of nitrogens with two attached hydrogens (primary N) is 1. The molecular weight excluding hydrogens is 294 g/mol. The number of furan rings is 1. The molecule has 3 aromatic heterocycles. The summed E-state index contributed by atoms with van der Waals surface area (Å²) in [5.41, 5.74) is 7.14. The quantitative estimate of drug-likeness (QED) is 0.783. The summed E-state index contributed by atoms with van der Waals surface area (Å²) in [6.45, 7) is 1.60. The highest BCUT2D eigenvalue weighted by molar-refractivity contribution is 5.96. The predicted molar refractivity (Wildman–Crippen MR) is 84.9 cm³/mol. The number of rotatable bonds is 2. The number of aromatic nitrogens is 3. The Bertz CT molecular complexity index is 847. The molecule has 0 radical (unpaired) electrons. The molecule has 7 nitrogen and oxygen atoms in total. The number of hydrogen-bond donors (Lipinski definition) is 1. The van der Waals surface area contributed by atoms with Crippen molar-refractivity contribution in [2.75, 3.05) is 18.8 Å². The van der Waals surface area contributed by atoms with Gasteiger partial charge < -0.3 is 15.1 Å². The van der Waals surface area contributed by atoms with E-state index < -0.39 is 0 Å². The first-order valence-corrected chi connectivity index (χ1v) is 7.72. The van der Waals surface area contributed by atoms with Crippen LogP contribution in [-0.2, 0) is 0 Å². The van der Waals surface area contributed by atoms with Gasteiger partial charge in [0.2, 0.25) is 5.82 Å². The molecule has 1 fully saturated rings. The van der Waals surface area contributed by atoms with E-state index in [1.807, 2.05) is 4.90 Å². The Hall–Kier alpha value is -2.83. The van der Waals surface area contributed by atoms with Crippen LogP contribution >= 0.6 is 0 Å². The van der Waals surface area contributed by atoms with Crippen molar-refractivity contribution in [3.8, 4) is 11.6 Å². The normalized spacial score (nSPS) is 15.2. The Kier molecular flexibility index (Phi) is 3.25. The van der Waals surface area contributed by atoms with Crippen LogP contribution in [0.15, 0.2) is 34.9 Å². The van der Waals surface area contributed by atoms with Gasteiger partial charge in [-0.2, -0.15) is 4.52 Å². The molecule has 4 heterocycles. The average molecular weight is 311 g/mol. The molecule has 1 aliphatic heterocycles. The zero-order chi connectivity index (χ0) is 15.8. The molecule has 0 atom stereocenters. The average Bonchev–Trinajstić information content (AvgIpc) is 3.24. The molecule has 4 rings (SSSR count). The molecule has 1 saturated heterocycles. The van der Waals surface area contributed by atoms with Gasteiger partial charge in [-0.3, -0.25) is 4.79 Å². The second kappa shape index (κ2) is 5.42. The van der Waals surface area contributed by atoms with Crippen LogP contribution in [0.5, 0.6) is 0 Å². The van der Waals surface area contributed by atoms with Crippen molar-refractivity contribution >= 4 is 17.4 Å². The minimum Gasteiger partial charge on any atom is -0.461 e. The predicted octanol–water partition coefficient (Wildman–Crippen LogP) is 2.20. The van der Waals surface area contributed by atoms with Crippen molar-refractivity contribution in [1.29, 1.82) is 0 Å². The highest BCUT2D eigenvalue weighted by Crippen LogP contribution is 2.21. The van der Waals surface area contributed by atoms with Crippen LogP contribution in [0.2, 0.25) is 0 Å². The number of carbonyl (C=O) groups excluding carboxylic acids is 1. The maximum absolute atomic E-state index is 12.6. The Morgan fingerprint density at radius 2 is 2.04 bits per heavy atom. The van der Waals surface area contributed by atoms with E-state index in [4.69, 9.17) is 10.2 Å². The summed E-state index contributed by atoms with van der Waals surface area (Å²) in [5.74, 6) is 1.40. The largest absolute Gasteiger partial charge is 0.461 e. The number of nitrogen functional groups attached to an aromatic ring is 1. The van der Waals surface area contributed by atoms with Crippen LogP contribution in [0.4, 0.5) is 5.82 Å². The van der Waals surface area contributed by atoms with E-state index in [9.17, 15) is 4.79 Å². The van der Waals surface area contributed by atoms with Crippen LogP contribution in [0.25, 0.3) is 17.2 Å². The molecule has 118 valence electrons. The van der Waals surface area contributed by atoms with Gasteiger partial charge in [-0.1, -0.05) is 0 Å². The molecule has 1 amide bonds. The van der Waals surface area contributed by atoms with Gasteiger partial charge in [-0.05, 0) is 43.5 Å². The first kappa shape index (κ1) is 13.8. The lowest BCUT2D eigenvalue weighted by molar-refractivity contribution is 0.0724. The van der Waals surface area contributed by atoms with Crippen molar-refractivity contribution in [2.24, 2.45) is 0 Å². The fourth-order valence-electron chi connectivity index (χ4n) is 2.92. The molecule has 2 N–H and O–H groups in total. The van der Waals surface area contributed by atoms with Crippen LogP contribution in [-0.4, -0.2) is 38.5 Å². The molecule has 0 bridgehead atoms. The van der Waals surface area contributed by atoms with Gasteiger partial charge in [-0.15, -0.1) is 5.10 Å². The maximum Gasteiger partial charge on any atom is 0.254 e. The first-order chi connectivity index (χ1) is 11.2. The number of likely N-dealkylation sites (tertiary alicyclic amines) is 1. The van der Waals surface area contributed by atoms with E-state index in [1.165, 1.54) is 10.9 Å². The molecule has 0 unspecified atom stereocenters. The second-order valence-corrected chi connectivity index (χ2v) is 5.70. The number of hydrogen-bond acceptors (Lipinski definition) is 5. The molecule has 3 aromatic rings. The van der Waals surface area contributed by atoms with Gasteiger partial charge in [0.1, 0.15) is 5.82 Å². The van der Waals surface area contributed by atoms with Gasteiger partial charge >= 0.3 is 0 Å². The van der Waals surface area contributed by atoms with Crippen molar-refractivity contribution < 1.29 is 9.21 Å². The van der Waals surface area contributed by atoms with E-state index >= 15 is 0 Å². The van der Waals surface area contributed by atoms with Crippen molar-refractivity contribution in [2.45, 2.75) is 19.3 Å². The summed E-state index contributed by atoms with van der Waals surface area (Å²) in [6.07, 6.45) is 4.85. The number of nitrogens with zero attached hydrogens (tertiary/aromatic N) is 4. The van der Waals surface area contributed by atoms with Crippen molar-refractivity contribution in [1.82, 2.24) is 19.5 Å². The summed E-state index contributed by atoms with van der Waals surface area (Å²) in [5, 5.41) is 4.33. The fraction of sp³-hybridized carbons (Fsp3) is 0.312. The highest BCUT2D eigenvalue weighted by atomic mass is 16.3. The monoisotopic (exact) mass is 311 g/mol. The maximum atomic E-state index is 12.6. The fourth-order valence-corrected chi connectivity index (χ4v) is 2.92. The lowest BCUT2D eigenvalue weighted by atomic mass is 10.1. The highest BCUT2D eigenvalue weighted by Gasteiger charge is 2.20. The summed E-state index contributed by atoms with van der Waals surface area (Å²) in [6, 6.07) is 6.94. The van der Waals surface area contributed by atoms with Crippen LogP contribution in [0, 0.1) is 0 Å². The molecule has 23 heavy (non-hydrogen) atoms. The molecule has 1 aliphatic rings. The van der Waals surface area contributed by atoms with Gasteiger partial charge in [0, 0.05) is 18.7 Å². The number of anilines is 1. The molecule has 0 aliphatic carbocycles. The van der Waals surface area contributed by atoms with Gasteiger partial charge in [0.15, 0.2) is 11.4 Å². The third-order valence-corrected chi connectivity index (χ3v) is 4.10. The number of piperidine rings is 1. The Morgan fingerprint density at radius 3 is 2.78 bits per heavy atom. The minimum atomic E-state index is 0.00134. The van der Waals surface area contributed by atoms with Crippen LogP contribution in [0.1, 0.15) is 29.6 Å². The van der Waals surface area contributed by atoms with Gasteiger partial charge in [0.25, 0.3) is 5.91 Å². The minimum absolute atomic E-state index is 0.00134. The SMILES string of the molecule is Nc1cc(C(=O)N2CCCCC2)cc2nc(-c3ccco3)nn12. The summed E-state index contributed by atoms with van der Waals surface area (Å²) < 4.78 is 6.83. The molecular formula is C16H17N5O2. The standard InChI is InChI=1S/C16H17N5O2/c17-13-9-11(16(22)20-6-2-1-3-7-20)10-14-18-15(19-21(13)14)12-5-4-8-23-12/h4-5,8-10H,1-3,6-7,17H2. The van der Waals surface area contributed by atoms with Crippen LogP contribution < -0.4 is 5.73 Å². The Labute approximate surface area is 132 Å². The van der Waals surface area contributed by atoms with Crippen LogP contribution in [0.3, 0.4) is 0 Å². The Morgan fingerprint density at radius 1 is 1.22 bits per heavy atom. The van der Waals surface area contributed by atoms with E-state index in [-0.39, 0.29) is 5.91 Å². The molecule has 0 spiro atoms. The molecule has 0 aromatic carbocycles. The Balaban J connectivity index is 1.73. The number of fused-ring (bicyclic) bond motifs is 1. The van der Waals surface area contributed by atoms with E-state index in [0.29, 0.717) is 28.6 Å². The number of amides is 1. The zero-order valence-electron chi connectivity index (χ0n) is 12.6. The second-order valence-electron chi connectivity index (χ2n) is 5.70. The molecule has 7 heteroatoms. The van der Waals surface area contributed by atoms with Crippen molar-refractivity contribution in [3.63, 3.8) is 0 Å². The van der Waals surface area contributed by atoms with E-state index in [0.717, 1.165) is 25.9 Å². The lowest BCUT2D eigenvalue weighted by Crippen LogP contribution is -2.35. The zero-order valence-corrected chi connectivity index (χ0v) is 12.6. The number of pyridine rings is 1.